The SMILES string of the molecule is Cc1cccc2c(CC3C(=O)N(CC4CCCC(CN)C4)C(=O)N3S(=O)(=O)c3ccc(Oc4ccc(N)cc4)cc3)c[nH]c12. The smallest absolute Gasteiger partial charge is 0.341 e. The number of urea groups is 1. The van der Waals surface area contributed by atoms with Crippen LogP contribution in [0.2, 0.25) is 0 Å². The second kappa shape index (κ2) is 12.0. The van der Waals surface area contributed by atoms with E-state index in [2.05, 4.69) is 4.98 Å². The minimum atomic E-state index is -4.40. The molecule has 1 aliphatic carbocycles. The van der Waals surface area contributed by atoms with Crippen LogP contribution in [-0.4, -0.2) is 53.7 Å². The van der Waals surface area contributed by atoms with Crippen molar-refractivity contribution in [1.82, 2.24) is 14.2 Å². The van der Waals surface area contributed by atoms with Gasteiger partial charge in [-0.1, -0.05) is 24.6 Å². The molecule has 1 saturated heterocycles. The molecule has 11 heteroatoms. The molecule has 3 atom stereocenters. The van der Waals surface area contributed by atoms with Gasteiger partial charge >= 0.3 is 6.03 Å². The first-order valence-electron chi connectivity index (χ1n) is 14.9. The summed E-state index contributed by atoms with van der Waals surface area (Å²) in [6.45, 7) is 2.71. The number of anilines is 1. The van der Waals surface area contributed by atoms with Crippen LogP contribution in [0.5, 0.6) is 11.5 Å². The predicted molar refractivity (Wildman–Crippen MR) is 169 cm³/mol. The van der Waals surface area contributed by atoms with E-state index in [4.69, 9.17) is 16.2 Å². The minimum absolute atomic E-state index is 0.0538. The number of aromatic nitrogens is 1. The van der Waals surface area contributed by atoms with E-state index in [0.29, 0.717) is 29.6 Å². The Balaban J connectivity index is 1.31. The highest BCUT2D eigenvalue weighted by Crippen LogP contribution is 2.35. The van der Waals surface area contributed by atoms with E-state index in [9.17, 15) is 18.0 Å². The number of aryl methyl sites for hydroxylation is 1. The Kier molecular flexibility index (Phi) is 8.08. The molecule has 2 fully saturated rings. The number of ether oxygens (including phenoxy) is 1. The molecule has 1 aliphatic heterocycles. The summed E-state index contributed by atoms with van der Waals surface area (Å²) in [6.07, 6.45) is 5.51. The molecule has 0 bridgehead atoms. The van der Waals surface area contributed by atoms with Gasteiger partial charge in [0.25, 0.3) is 15.9 Å². The second-order valence-corrected chi connectivity index (χ2v) is 13.7. The number of amides is 3. The summed E-state index contributed by atoms with van der Waals surface area (Å²) in [4.78, 5) is 32.2. The first kappa shape index (κ1) is 29.7. The molecule has 0 radical (unpaired) electrons. The number of aromatic amines is 1. The Morgan fingerprint density at radius 2 is 1.64 bits per heavy atom. The van der Waals surface area contributed by atoms with Crippen molar-refractivity contribution in [1.29, 1.82) is 0 Å². The van der Waals surface area contributed by atoms with Crippen molar-refractivity contribution in [2.24, 2.45) is 17.6 Å². The number of nitrogens with two attached hydrogens (primary N) is 2. The fourth-order valence-electron chi connectivity index (χ4n) is 6.48. The van der Waals surface area contributed by atoms with Crippen LogP contribution in [-0.2, 0) is 21.2 Å². The van der Waals surface area contributed by atoms with Gasteiger partial charge in [-0.2, -0.15) is 0 Å². The summed E-state index contributed by atoms with van der Waals surface area (Å²) in [7, 11) is -4.40. The van der Waals surface area contributed by atoms with Gasteiger partial charge in [-0.15, -0.1) is 0 Å². The van der Waals surface area contributed by atoms with E-state index in [0.717, 1.165) is 56.9 Å². The van der Waals surface area contributed by atoms with Crippen molar-refractivity contribution >= 4 is 38.6 Å². The lowest BCUT2D eigenvalue weighted by molar-refractivity contribution is -0.128. The summed E-state index contributed by atoms with van der Waals surface area (Å²) in [6, 6.07) is 16.5. The lowest BCUT2D eigenvalue weighted by Gasteiger charge is -2.30. The zero-order valence-electron chi connectivity index (χ0n) is 24.6. The van der Waals surface area contributed by atoms with E-state index in [1.807, 2.05) is 25.1 Å². The first-order chi connectivity index (χ1) is 21.2. The van der Waals surface area contributed by atoms with Crippen LogP contribution in [0, 0.1) is 18.8 Å². The van der Waals surface area contributed by atoms with Gasteiger partial charge in [0.15, 0.2) is 0 Å². The highest BCUT2D eigenvalue weighted by molar-refractivity contribution is 7.89. The molecule has 1 saturated carbocycles. The average Bonchev–Trinajstić information content (AvgIpc) is 3.54. The van der Waals surface area contributed by atoms with Crippen LogP contribution in [0.4, 0.5) is 10.5 Å². The van der Waals surface area contributed by atoms with E-state index < -0.39 is 28.0 Å². The third-order valence-corrected chi connectivity index (χ3v) is 10.6. The van der Waals surface area contributed by atoms with E-state index in [-0.39, 0.29) is 23.8 Å². The van der Waals surface area contributed by atoms with Crippen molar-refractivity contribution < 1.29 is 22.7 Å². The van der Waals surface area contributed by atoms with E-state index in [1.54, 1.807) is 30.5 Å². The van der Waals surface area contributed by atoms with E-state index >= 15 is 0 Å². The maximum Gasteiger partial charge on any atom is 0.341 e. The number of fused-ring (bicyclic) bond motifs is 1. The zero-order valence-corrected chi connectivity index (χ0v) is 25.4. The number of hydrogen-bond acceptors (Lipinski definition) is 7. The van der Waals surface area contributed by atoms with Gasteiger partial charge < -0.3 is 21.2 Å². The van der Waals surface area contributed by atoms with Crippen LogP contribution in [0.15, 0.2) is 77.8 Å². The van der Waals surface area contributed by atoms with Gasteiger partial charge in [0.1, 0.15) is 17.5 Å². The standard InChI is InChI=1S/C33H37N5O5S/c1-21-4-2-7-29-24(19-36-31(21)29)17-30-32(39)37(20-23-6-3-5-22(16-23)18-34)33(40)38(30)44(41,42)28-14-12-27(13-15-28)43-26-10-8-25(35)9-11-26/h2,4,7-15,19,22-23,30,36H,3,5-6,16-18,20,34-35H2,1H3. The normalized spacial score (nSPS) is 20.9. The molecule has 44 heavy (non-hydrogen) atoms. The zero-order chi connectivity index (χ0) is 31.0. The average molecular weight is 616 g/mol. The van der Waals surface area contributed by atoms with Crippen molar-refractivity contribution in [2.45, 2.75) is 50.0 Å². The van der Waals surface area contributed by atoms with Crippen LogP contribution in [0.25, 0.3) is 10.9 Å². The van der Waals surface area contributed by atoms with Gasteiger partial charge in [0.2, 0.25) is 0 Å². The van der Waals surface area contributed by atoms with Gasteiger partial charge in [0, 0.05) is 35.8 Å². The fraction of sp³-hybridized carbons (Fsp3) is 0.333. The quantitative estimate of drug-likeness (QED) is 0.173. The molecule has 10 nitrogen and oxygen atoms in total. The summed E-state index contributed by atoms with van der Waals surface area (Å²) in [5, 5.41) is 0.892. The van der Waals surface area contributed by atoms with Gasteiger partial charge in [0.05, 0.1) is 4.90 Å². The molecular formula is C33H37N5O5S. The molecule has 2 aliphatic rings. The largest absolute Gasteiger partial charge is 0.457 e. The highest BCUT2D eigenvalue weighted by atomic mass is 32.2. The minimum Gasteiger partial charge on any atom is -0.457 e. The Bertz CT molecular complexity index is 1790. The molecule has 230 valence electrons. The number of sulfonamides is 1. The molecule has 0 spiro atoms. The van der Waals surface area contributed by atoms with Crippen LogP contribution < -0.4 is 16.2 Å². The number of carbonyl (C=O) groups excluding carboxylic acids is 2. The summed E-state index contributed by atoms with van der Waals surface area (Å²) in [5.74, 6) is 0.865. The third kappa shape index (κ3) is 5.65. The number of nitrogens with zero attached hydrogens (tertiary/aromatic N) is 2. The molecule has 6 rings (SSSR count). The van der Waals surface area contributed by atoms with Crippen LogP contribution in [0.3, 0.4) is 0 Å². The maximum atomic E-state index is 14.1. The first-order valence-corrected chi connectivity index (χ1v) is 16.4. The monoisotopic (exact) mass is 615 g/mol. The molecule has 3 aromatic carbocycles. The van der Waals surface area contributed by atoms with Crippen LogP contribution in [0.1, 0.15) is 36.8 Å². The lowest BCUT2D eigenvalue weighted by atomic mass is 9.81. The van der Waals surface area contributed by atoms with Crippen molar-refractivity contribution in [3.63, 3.8) is 0 Å². The van der Waals surface area contributed by atoms with Gasteiger partial charge in [-0.25, -0.2) is 17.5 Å². The number of imide groups is 1. The number of hydrogen-bond donors (Lipinski definition) is 3. The maximum absolute atomic E-state index is 14.1. The Labute approximate surface area is 257 Å². The highest BCUT2D eigenvalue weighted by Gasteiger charge is 2.52. The predicted octanol–water partition coefficient (Wildman–Crippen LogP) is 5.18. The third-order valence-electron chi connectivity index (χ3n) is 8.84. The van der Waals surface area contributed by atoms with Crippen molar-refractivity contribution in [2.75, 3.05) is 18.8 Å². The number of H-pyrrole nitrogens is 1. The molecule has 3 amide bonds. The molecule has 1 aromatic heterocycles. The second-order valence-electron chi connectivity index (χ2n) is 11.8. The van der Waals surface area contributed by atoms with Gasteiger partial charge in [-0.05, 0) is 104 Å². The Morgan fingerprint density at radius 1 is 0.955 bits per heavy atom. The number of nitrogens with one attached hydrogen (secondary N) is 1. The fourth-order valence-corrected chi connectivity index (χ4v) is 7.99. The summed E-state index contributed by atoms with van der Waals surface area (Å²) < 4.78 is 34.9. The lowest BCUT2D eigenvalue weighted by Crippen LogP contribution is -2.41. The molecule has 3 unspecified atom stereocenters. The Morgan fingerprint density at radius 3 is 2.34 bits per heavy atom. The number of para-hydroxylation sites is 1. The van der Waals surface area contributed by atoms with Crippen molar-refractivity contribution in [3.05, 3.63) is 84.1 Å². The number of carbonyl (C=O) groups is 2. The number of nitrogen functional groups attached to an aromatic ring is 1. The summed E-state index contributed by atoms with van der Waals surface area (Å²) >= 11 is 0. The molecule has 2 heterocycles. The summed E-state index contributed by atoms with van der Waals surface area (Å²) in [5.41, 5.74) is 15.0. The topological polar surface area (TPSA) is 152 Å². The molecule has 4 aromatic rings. The molecular weight excluding hydrogens is 578 g/mol. The van der Waals surface area contributed by atoms with Gasteiger partial charge in [-0.3, -0.25) is 9.69 Å². The number of benzene rings is 3. The van der Waals surface area contributed by atoms with E-state index in [1.165, 1.54) is 24.3 Å². The Hall–Kier alpha value is -4.35. The van der Waals surface area contributed by atoms with Crippen molar-refractivity contribution in [3.8, 4) is 11.5 Å². The molecule has 5 N–H and O–H groups in total. The van der Waals surface area contributed by atoms with Crippen LogP contribution >= 0.6 is 0 Å². The number of rotatable bonds is 9.